The van der Waals surface area contributed by atoms with Crippen LogP contribution in [-0.4, -0.2) is 23.8 Å². The molecule has 0 fully saturated rings. The van der Waals surface area contributed by atoms with Crippen LogP contribution in [0.3, 0.4) is 0 Å². The number of ether oxygens (including phenoxy) is 1. The van der Waals surface area contributed by atoms with E-state index in [0.717, 1.165) is 0 Å². The van der Waals surface area contributed by atoms with Crippen LogP contribution >= 0.6 is 0 Å². The Morgan fingerprint density at radius 3 is 2.28 bits per heavy atom. The summed E-state index contributed by atoms with van der Waals surface area (Å²) in [6.07, 6.45) is 1.39. The molecule has 0 radical (unpaired) electrons. The molecule has 0 N–H and O–H groups in total. The van der Waals surface area contributed by atoms with Gasteiger partial charge in [-0.15, -0.1) is 0 Å². The SMILES string of the molecule is CC(C)(C)OCC1=CC(=O)c2ccccc2C1=O. The van der Waals surface area contributed by atoms with Crippen LogP contribution < -0.4 is 0 Å². The smallest absolute Gasteiger partial charge is 0.192 e. The van der Waals surface area contributed by atoms with Gasteiger partial charge in [-0.2, -0.15) is 0 Å². The number of ketones is 2. The molecule has 0 bridgehead atoms. The van der Waals surface area contributed by atoms with E-state index < -0.39 is 0 Å². The first-order valence-corrected chi connectivity index (χ1v) is 5.91. The Morgan fingerprint density at radius 2 is 1.67 bits per heavy atom. The molecule has 1 aliphatic rings. The molecular weight excluding hydrogens is 228 g/mol. The number of benzene rings is 1. The third-order valence-corrected chi connectivity index (χ3v) is 2.69. The predicted octanol–water partition coefficient (Wildman–Crippen LogP) is 2.81. The molecule has 0 saturated carbocycles. The molecule has 0 spiro atoms. The number of fused-ring (bicyclic) bond motifs is 1. The van der Waals surface area contributed by atoms with E-state index in [1.165, 1.54) is 6.08 Å². The van der Waals surface area contributed by atoms with Crippen LogP contribution in [0.4, 0.5) is 0 Å². The van der Waals surface area contributed by atoms with Gasteiger partial charge in [-0.25, -0.2) is 0 Å². The van der Waals surface area contributed by atoms with Gasteiger partial charge in [0.15, 0.2) is 11.6 Å². The number of hydrogen-bond donors (Lipinski definition) is 0. The van der Waals surface area contributed by atoms with Crippen LogP contribution in [0.2, 0.25) is 0 Å². The van der Waals surface area contributed by atoms with E-state index >= 15 is 0 Å². The summed E-state index contributed by atoms with van der Waals surface area (Å²) in [5.41, 5.74) is 1.04. The molecule has 0 saturated heterocycles. The van der Waals surface area contributed by atoms with Gasteiger partial charge in [0, 0.05) is 16.7 Å². The Balaban J connectivity index is 2.26. The van der Waals surface area contributed by atoms with Crippen LogP contribution in [0.5, 0.6) is 0 Å². The molecule has 0 aliphatic heterocycles. The van der Waals surface area contributed by atoms with E-state index in [1.807, 2.05) is 20.8 Å². The summed E-state index contributed by atoms with van der Waals surface area (Å²) in [5, 5.41) is 0. The first-order chi connectivity index (χ1) is 8.38. The van der Waals surface area contributed by atoms with Crippen molar-refractivity contribution in [3.8, 4) is 0 Å². The molecule has 0 heterocycles. The average Bonchev–Trinajstić information content (AvgIpc) is 2.31. The first kappa shape index (κ1) is 12.7. The lowest BCUT2D eigenvalue weighted by Crippen LogP contribution is -2.25. The fourth-order valence-corrected chi connectivity index (χ4v) is 1.77. The normalized spacial score (nSPS) is 15.4. The van der Waals surface area contributed by atoms with Gasteiger partial charge in [-0.05, 0) is 26.8 Å². The highest BCUT2D eigenvalue weighted by molar-refractivity contribution is 6.24. The highest BCUT2D eigenvalue weighted by Crippen LogP contribution is 2.22. The van der Waals surface area contributed by atoms with Crippen molar-refractivity contribution < 1.29 is 14.3 Å². The Bertz CT molecular complexity index is 533. The minimum atomic E-state index is -0.332. The van der Waals surface area contributed by atoms with Crippen LogP contribution in [0, 0.1) is 0 Å². The second kappa shape index (κ2) is 4.50. The Kier molecular flexibility index (Phi) is 3.18. The highest BCUT2D eigenvalue weighted by atomic mass is 16.5. The molecule has 0 unspecified atom stereocenters. The zero-order chi connectivity index (χ0) is 13.3. The number of hydrogen-bond acceptors (Lipinski definition) is 3. The zero-order valence-electron chi connectivity index (χ0n) is 10.8. The number of allylic oxidation sites excluding steroid dienone is 1. The summed E-state index contributed by atoms with van der Waals surface area (Å²) in [5.74, 6) is -0.243. The van der Waals surface area contributed by atoms with Crippen molar-refractivity contribution in [3.05, 3.63) is 47.0 Å². The molecule has 3 nitrogen and oxygen atoms in total. The molecule has 1 aliphatic carbocycles. The number of Topliss-reactive ketones (excluding diaryl/α,β-unsaturated/α-hetero) is 1. The molecule has 0 amide bonds. The molecule has 94 valence electrons. The lowest BCUT2D eigenvalue weighted by Gasteiger charge is -2.22. The van der Waals surface area contributed by atoms with Crippen LogP contribution in [0.25, 0.3) is 0 Å². The minimum Gasteiger partial charge on any atom is -0.371 e. The van der Waals surface area contributed by atoms with E-state index in [4.69, 9.17) is 4.74 Å². The fraction of sp³-hybridized carbons (Fsp3) is 0.333. The Hall–Kier alpha value is -1.74. The predicted molar refractivity (Wildman–Crippen MR) is 68.9 cm³/mol. The van der Waals surface area contributed by atoms with Crippen molar-refractivity contribution in [3.63, 3.8) is 0 Å². The molecule has 18 heavy (non-hydrogen) atoms. The lowest BCUT2D eigenvalue weighted by molar-refractivity contribution is 0.0108. The topological polar surface area (TPSA) is 43.4 Å². The maximum atomic E-state index is 12.2. The maximum absolute atomic E-state index is 12.2. The van der Waals surface area contributed by atoms with E-state index in [1.54, 1.807) is 24.3 Å². The van der Waals surface area contributed by atoms with Crippen LogP contribution in [0.1, 0.15) is 41.5 Å². The fourth-order valence-electron chi connectivity index (χ4n) is 1.77. The van der Waals surface area contributed by atoms with Crippen molar-refractivity contribution in [1.29, 1.82) is 0 Å². The second-order valence-corrected chi connectivity index (χ2v) is 5.31. The van der Waals surface area contributed by atoms with Crippen molar-refractivity contribution in [2.75, 3.05) is 6.61 Å². The molecule has 1 aromatic rings. The van der Waals surface area contributed by atoms with Gasteiger partial charge in [0.2, 0.25) is 0 Å². The summed E-state index contributed by atoms with van der Waals surface area (Å²) in [4.78, 5) is 24.1. The summed E-state index contributed by atoms with van der Waals surface area (Å²) in [6.45, 7) is 5.91. The van der Waals surface area contributed by atoms with E-state index in [-0.39, 0.29) is 23.8 Å². The second-order valence-electron chi connectivity index (χ2n) is 5.31. The highest BCUT2D eigenvalue weighted by Gasteiger charge is 2.25. The lowest BCUT2D eigenvalue weighted by atomic mass is 9.90. The molecule has 1 aromatic carbocycles. The number of carbonyl (C=O) groups is 2. The van der Waals surface area contributed by atoms with Crippen LogP contribution in [0.15, 0.2) is 35.9 Å². The van der Waals surface area contributed by atoms with E-state index in [9.17, 15) is 9.59 Å². The quantitative estimate of drug-likeness (QED) is 0.803. The zero-order valence-corrected chi connectivity index (χ0v) is 10.8. The third-order valence-electron chi connectivity index (χ3n) is 2.69. The van der Waals surface area contributed by atoms with Crippen molar-refractivity contribution in [2.24, 2.45) is 0 Å². The van der Waals surface area contributed by atoms with Gasteiger partial charge in [0.1, 0.15) is 0 Å². The van der Waals surface area contributed by atoms with Gasteiger partial charge in [0.25, 0.3) is 0 Å². The summed E-state index contributed by atoms with van der Waals surface area (Å²) in [7, 11) is 0. The van der Waals surface area contributed by atoms with Crippen molar-refractivity contribution in [2.45, 2.75) is 26.4 Å². The standard InChI is InChI=1S/C15H16O3/c1-15(2,3)18-9-10-8-13(16)11-6-4-5-7-12(11)14(10)17/h4-8H,9H2,1-3H3. The van der Waals surface area contributed by atoms with E-state index in [0.29, 0.717) is 16.7 Å². The molecule has 0 atom stereocenters. The number of rotatable bonds is 2. The van der Waals surface area contributed by atoms with Crippen molar-refractivity contribution in [1.82, 2.24) is 0 Å². The largest absolute Gasteiger partial charge is 0.371 e. The van der Waals surface area contributed by atoms with Gasteiger partial charge in [-0.1, -0.05) is 24.3 Å². The molecule has 2 rings (SSSR count). The first-order valence-electron chi connectivity index (χ1n) is 5.91. The molecule has 0 aromatic heterocycles. The van der Waals surface area contributed by atoms with Gasteiger partial charge >= 0.3 is 0 Å². The van der Waals surface area contributed by atoms with Gasteiger partial charge in [0.05, 0.1) is 12.2 Å². The van der Waals surface area contributed by atoms with Gasteiger partial charge in [-0.3, -0.25) is 9.59 Å². The Labute approximate surface area is 106 Å². The summed E-state index contributed by atoms with van der Waals surface area (Å²) >= 11 is 0. The minimum absolute atomic E-state index is 0.116. The van der Waals surface area contributed by atoms with E-state index in [2.05, 4.69) is 0 Å². The average molecular weight is 244 g/mol. The van der Waals surface area contributed by atoms with Crippen molar-refractivity contribution >= 4 is 11.6 Å². The summed E-state index contributed by atoms with van der Waals surface area (Å²) in [6, 6.07) is 6.87. The molecule has 3 heteroatoms. The van der Waals surface area contributed by atoms with Crippen LogP contribution in [-0.2, 0) is 4.74 Å². The maximum Gasteiger partial charge on any atom is 0.192 e. The summed E-state index contributed by atoms with van der Waals surface area (Å²) < 4.78 is 5.56. The Morgan fingerprint density at radius 1 is 1.06 bits per heavy atom. The third kappa shape index (κ3) is 2.57. The number of carbonyl (C=O) groups excluding carboxylic acids is 2. The molecular formula is C15H16O3. The van der Waals surface area contributed by atoms with Gasteiger partial charge < -0.3 is 4.74 Å². The monoisotopic (exact) mass is 244 g/mol.